The van der Waals surface area contributed by atoms with Crippen LogP contribution in [0, 0.1) is 0 Å². The highest BCUT2D eigenvalue weighted by Crippen LogP contribution is 2.44. The maximum atomic E-state index is 6.10. The van der Waals surface area contributed by atoms with E-state index in [-0.39, 0.29) is 11.7 Å². The monoisotopic (exact) mass is 362 g/mol. The number of rotatable bonds is 6. The second-order valence-corrected chi connectivity index (χ2v) is 7.21. The van der Waals surface area contributed by atoms with Gasteiger partial charge in [0.05, 0.1) is 6.10 Å². The molecule has 3 heteroatoms. The zero-order valence-electron chi connectivity index (χ0n) is 16.0. The smallest absolute Gasteiger partial charge is 0.120 e. The van der Waals surface area contributed by atoms with Crippen molar-refractivity contribution in [3.63, 3.8) is 0 Å². The van der Waals surface area contributed by atoms with Crippen LogP contribution in [0.25, 0.3) is 10.8 Å². The number of hydrogen-bond donors (Lipinski definition) is 0. The molecule has 1 saturated carbocycles. The lowest BCUT2D eigenvalue weighted by Gasteiger charge is -2.34. The van der Waals surface area contributed by atoms with Gasteiger partial charge >= 0.3 is 0 Å². The summed E-state index contributed by atoms with van der Waals surface area (Å²) in [5.74, 6) is 0.860. The molecule has 2 atom stereocenters. The Bertz CT molecular complexity index is 920. The minimum Gasteiger partial charge on any atom is -0.489 e. The molecule has 0 amide bonds. The summed E-state index contributed by atoms with van der Waals surface area (Å²) in [7, 11) is 3.55. The molecule has 0 N–H and O–H groups in total. The minimum absolute atomic E-state index is 0.0817. The summed E-state index contributed by atoms with van der Waals surface area (Å²) in [5, 5.41) is 2.48. The van der Waals surface area contributed by atoms with E-state index in [2.05, 4.69) is 54.6 Å². The van der Waals surface area contributed by atoms with Crippen LogP contribution in [-0.2, 0) is 21.7 Å². The molecule has 0 heterocycles. The maximum absolute atomic E-state index is 6.10. The first-order valence-electron chi connectivity index (χ1n) is 9.54. The molecule has 0 bridgehead atoms. The Balaban J connectivity index is 1.53. The Kier molecular flexibility index (Phi) is 5.15. The fourth-order valence-corrected chi connectivity index (χ4v) is 4.28. The van der Waals surface area contributed by atoms with Crippen LogP contribution in [0.5, 0.6) is 5.75 Å². The van der Waals surface area contributed by atoms with Gasteiger partial charge in [0, 0.05) is 14.2 Å². The molecule has 3 aromatic carbocycles. The van der Waals surface area contributed by atoms with Crippen molar-refractivity contribution in [2.75, 3.05) is 14.2 Å². The van der Waals surface area contributed by atoms with Crippen LogP contribution in [0.4, 0.5) is 0 Å². The molecule has 1 unspecified atom stereocenters. The second kappa shape index (κ2) is 7.71. The molecule has 0 radical (unpaired) electrons. The Labute approximate surface area is 160 Å². The van der Waals surface area contributed by atoms with Gasteiger partial charge in [-0.15, -0.1) is 0 Å². The third kappa shape index (κ3) is 3.45. The molecular formula is C24H26O3. The van der Waals surface area contributed by atoms with Crippen LogP contribution in [0.3, 0.4) is 0 Å². The van der Waals surface area contributed by atoms with Crippen molar-refractivity contribution in [2.24, 2.45) is 0 Å². The summed E-state index contributed by atoms with van der Waals surface area (Å²) in [4.78, 5) is 0. The lowest BCUT2D eigenvalue weighted by atomic mass is 9.89. The molecule has 1 aliphatic rings. The summed E-state index contributed by atoms with van der Waals surface area (Å²) >= 11 is 0. The Morgan fingerprint density at radius 3 is 2.59 bits per heavy atom. The molecule has 27 heavy (non-hydrogen) atoms. The summed E-state index contributed by atoms with van der Waals surface area (Å²) in [6, 6.07) is 23.1. The summed E-state index contributed by atoms with van der Waals surface area (Å²) in [6.07, 6.45) is 3.18. The van der Waals surface area contributed by atoms with E-state index in [0.29, 0.717) is 6.61 Å². The van der Waals surface area contributed by atoms with Gasteiger partial charge in [0.15, 0.2) is 0 Å². The zero-order valence-corrected chi connectivity index (χ0v) is 16.0. The van der Waals surface area contributed by atoms with E-state index >= 15 is 0 Å². The van der Waals surface area contributed by atoms with Crippen molar-refractivity contribution in [3.8, 4) is 5.75 Å². The van der Waals surface area contributed by atoms with E-state index in [4.69, 9.17) is 14.2 Å². The summed E-state index contributed by atoms with van der Waals surface area (Å²) in [5.41, 5.74) is 1.92. The zero-order chi connectivity index (χ0) is 18.7. The quantitative estimate of drug-likeness (QED) is 0.583. The van der Waals surface area contributed by atoms with Crippen LogP contribution in [0.1, 0.15) is 30.4 Å². The van der Waals surface area contributed by atoms with E-state index in [1.54, 1.807) is 14.2 Å². The second-order valence-electron chi connectivity index (χ2n) is 7.21. The van der Waals surface area contributed by atoms with Gasteiger partial charge in [0.25, 0.3) is 0 Å². The van der Waals surface area contributed by atoms with E-state index in [0.717, 1.165) is 36.1 Å². The van der Waals surface area contributed by atoms with Crippen molar-refractivity contribution in [3.05, 3.63) is 77.9 Å². The molecule has 4 rings (SSSR count). The highest BCUT2D eigenvalue weighted by Gasteiger charge is 2.45. The van der Waals surface area contributed by atoms with Crippen LogP contribution in [0.15, 0.2) is 66.7 Å². The predicted octanol–water partition coefficient (Wildman–Crippen LogP) is 5.46. The first-order valence-corrected chi connectivity index (χ1v) is 9.54. The predicted molar refractivity (Wildman–Crippen MR) is 108 cm³/mol. The van der Waals surface area contributed by atoms with Crippen LogP contribution >= 0.6 is 0 Å². The number of methoxy groups -OCH3 is 2. The standard InChI is InChI=1S/C24H26O3/c1-25-23-11-6-14-24(23,26-2)21-9-5-10-22(16-21)27-17-18-12-13-19-7-3-4-8-20(19)15-18/h3-5,7-10,12-13,15-16,23H,6,11,14,17H2,1-2H3/t23?,24-/m0/s1. The normalized spacial score (nSPS) is 22.2. The van der Waals surface area contributed by atoms with Crippen molar-refractivity contribution in [1.82, 2.24) is 0 Å². The molecule has 0 aromatic heterocycles. The molecule has 1 fully saturated rings. The highest BCUT2D eigenvalue weighted by atomic mass is 16.5. The maximum Gasteiger partial charge on any atom is 0.120 e. The van der Waals surface area contributed by atoms with Crippen molar-refractivity contribution >= 4 is 10.8 Å². The Morgan fingerprint density at radius 2 is 1.78 bits per heavy atom. The molecule has 0 aliphatic heterocycles. The SMILES string of the molecule is COC1CCC[C@]1(OC)c1cccc(OCc2ccc3ccccc3c2)c1. The van der Waals surface area contributed by atoms with E-state index in [1.807, 2.05) is 12.1 Å². The van der Waals surface area contributed by atoms with Crippen LogP contribution < -0.4 is 4.74 Å². The first-order chi connectivity index (χ1) is 13.2. The number of ether oxygens (including phenoxy) is 3. The Hall–Kier alpha value is -2.36. The van der Waals surface area contributed by atoms with Gasteiger partial charge in [-0.3, -0.25) is 0 Å². The Morgan fingerprint density at radius 1 is 0.926 bits per heavy atom. The van der Waals surface area contributed by atoms with Gasteiger partial charge in [-0.25, -0.2) is 0 Å². The van der Waals surface area contributed by atoms with Crippen LogP contribution in [0.2, 0.25) is 0 Å². The third-order valence-electron chi connectivity index (χ3n) is 5.73. The lowest BCUT2D eigenvalue weighted by molar-refractivity contribution is -0.104. The number of benzene rings is 3. The molecule has 140 valence electrons. The van der Waals surface area contributed by atoms with E-state index < -0.39 is 0 Å². The van der Waals surface area contributed by atoms with Gasteiger partial charge in [-0.1, -0.05) is 48.5 Å². The molecule has 0 spiro atoms. The van der Waals surface area contributed by atoms with Gasteiger partial charge in [0.2, 0.25) is 0 Å². The van der Waals surface area contributed by atoms with E-state index in [1.165, 1.54) is 10.8 Å². The summed E-state index contributed by atoms with van der Waals surface area (Å²) < 4.78 is 17.8. The van der Waals surface area contributed by atoms with E-state index in [9.17, 15) is 0 Å². The first kappa shape index (κ1) is 18.0. The molecule has 3 nitrogen and oxygen atoms in total. The minimum atomic E-state index is -0.378. The highest BCUT2D eigenvalue weighted by molar-refractivity contribution is 5.82. The van der Waals surface area contributed by atoms with Gasteiger partial charge < -0.3 is 14.2 Å². The lowest BCUT2D eigenvalue weighted by Crippen LogP contribution is -2.37. The molecule has 3 aromatic rings. The topological polar surface area (TPSA) is 27.7 Å². The van der Waals surface area contributed by atoms with Crippen molar-refractivity contribution in [1.29, 1.82) is 0 Å². The summed E-state index contributed by atoms with van der Waals surface area (Å²) in [6.45, 7) is 0.544. The largest absolute Gasteiger partial charge is 0.489 e. The third-order valence-corrected chi connectivity index (χ3v) is 5.73. The molecular weight excluding hydrogens is 336 g/mol. The van der Waals surface area contributed by atoms with Crippen LogP contribution in [-0.4, -0.2) is 20.3 Å². The average Bonchev–Trinajstić information content (AvgIpc) is 3.16. The van der Waals surface area contributed by atoms with Crippen molar-refractivity contribution in [2.45, 2.75) is 37.6 Å². The van der Waals surface area contributed by atoms with Crippen molar-refractivity contribution < 1.29 is 14.2 Å². The molecule has 0 saturated heterocycles. The number of hydrogen-bond acceptors (Lipinski definition) is 3. The average molecular weight is 362 g/mol. The fourth-order valence-electron chi connectivity index (χ4n) is 4.28. The van der Waals surface area contributed by atoms with Gasteiger partial charge in [-0.2, -0.15) is 0 Å². The molecule has 1 aliphatic carbocycles. The fraction of sp³-hybridized carbons (Fsp3) is 0.333. The number of fused-ring (bicyclic) bond motifs is 1. The van der Waals surface area contributed by atoms with Gasteiger partial charge in [-0.05, 0) is 59.4 Å². The van der Waals surface area contributed by atoms with Gasteiger partial charge in [0.1, 0.15) is 18.0 Å².